The van der Waals surface area contributed by atoms with Crippen LogP contribution in [0.3, 0.4) is 0 Å². The molecule has 172 valence electrons. The van der Waals surface area contributed by atoms with Crippen LogP contribution in [0.2, 0.25) is 5.02 Å². The van der Waals surface area contributed by atoms with Crippen molar-refractivity contribution in [3.63, 3.8) is 0 Å². The Hall–Kier alpha value is -3.81. The fourth-order valence-electron chi connectivity index (χ4n) is 3.32. The number of rotatable bonds is 6. The number of amides is 3. The van der Waals surface area contributed by atoms with Crippen molar-refractivity contribution in [3.8, 4) is 5.75 Å². The van der Waals surface area contributed by atoms with Gasteiger partial charge in [0.1, 0.15) is 16.5 Å². The predicted molar refractivity (Wildman–Crippen MR) is 133 cm³/mol. The maximum absolute atomic E-state index is 12.9. The molecule has 9 heteroatoms. The van der Waals surface area contributed by atoms with E-state index in [2.05, 4.69) is 10.6 Å². The van der Waals surface area contributed by atoms with Gasteiger partial charge < -0.3 is 15.4 Å². The van der Waals surface area contributed by atoms with Gasteiger partial charge in [-0.15, -0.1) is 0 Å². The Bertz CT molecular complexity index is 1340. The lowest BCUT2D eigenvalue weighted by atomic mass is 10.2. The SMILES string of the molecule is COc1cccc(NC(=O)c2ccc(NC3=C(Cl)C(=O)N(c4ccc(C)c(Cl)c4)C3=O)cc2)c1. The summed E-state index contributed by atoms with van der Waals surface area (Å²) in [6, 6.07) is 18.3. The zero-order chi connectivity index (χ0) is 24.4. The highest BCUT2D eigenvalue weighted by Crippen LogP contribution is 2.32. The van der Waals surface area contributed by atoms with Crippen LogP contribution in [-0.2, 0) is 9.59 Å². The molecule has 0 bridgehead atoms. The van der Waals surface area contributed by atoms with Crippen molar-refractivity contribution < 1.29 is 19.1 Å². The van der Waals surface area contributed by atoms with E-state index in [4.69, 9.17) is 27.9 Å². The lowest BCUT2D eigenvalue weighted by molar-refractivity contribution is -0.120. The molecule has 2 N–H and O–H groups in total. The molecule has 3 aromatic rings. The van der Waals surface area contributed by atoms with Gasteiger partial charge in [0.2, 0.25) is 0 Å². The third-order valence-corrected chi connectivity index (χ3v) is 5.94. The first-order valence-electron chi connectivity index (χ1n) is 10.2. The van der Waals surface area contributed by atoms with Crippen LogP contribution in [0.4, 0.5) is 17.1 Å². The summed E-state index contributed by atoms with van der Waals surface area (Å²) in [5.41, 5.74) is 2.56. The molecule has 3 aromatic carbocycles. The quantitative estimate of drug-likeness (QED) is 0.450. The second-order valence-electron chi connectivity index (χ2n) is 7.46. The summed E-state index contributed by atoms with van der Waals surface area (Å²) in [6.45, 7) is 1.82. The molecule has 0 saturated heterocycles. The Balaban J connectivity index is 1.48. The summed E-state index contributed by atoms with van der Waals surface area (Å²) >= 11 is 12.3. The van der Waals surface area contributed by atoms with Gasteiger partial charge in [0.25, 0.3) is 17.7 Å². The topological polar surface area (TPSA) is 87.7 Å². The highest BCUT2D eigenvalue weighted by Gasteiger charge is 2.39. The molecule has 0 fully saturated rings. The molecule has 0 aliphatic carbocycles. The molecule has 3 amide bonds. The van der Waals surface area contributed by atoms with Crippen molar-refractivity contribution in [2.24, 2.45) is 0 Å². The fraction of sp³-hybridized carbons (Fsp3) is 0.0800. The van der Waals surface area contributed by atoms with Gasteiger partial charge in [-0.1, -0.05) is 35.3 Å². The normalized spacial score (nSPS) is 13.4. The largest absolute Gasteiger partial charge is 0.497 e. The molecule has 34 heavy (non-hydrogen) atoms. The second-order valence-corrected chi connectivity index (χ2v) is 8.24. The Morgan fingerprint density at radius 2 is 1.65 bits per heavy atom. The van der Waals surface area contributed by atoms with Gasteiger partial charge in [-0.3, -0.25) is 14.4 Å². The van der Waals surface area contributed by atoms with Crippen LogP contribution in [-0.4, -0.2) is 24.8 Å². The van der Waals surface area contributed by atoms with Gasteiger partial charge >= 0.3 is 0 Å². The van der Waals surface area contributed by atoms with Crippen molar-refractivity contribution >= 4 is 58.0 Å². The van der Waals surface area contributed by atoms with E-state index in [-0.39, 0.29) is 16.6 Å². The maximum atomic E-state index is 12.9. The second kappa shape index (κ2) is 9.59. The van der Waals surface area contributed by atoms with E-state index in [1.54, 1.807) is 67.8 Å². The van der Waals surface area contributed by atoms with E-state index in [9.17, 15) is 14.4 Å². The van der Waals surface area contributed by atoms with Crippen LogP contribution in [0.15, 0.2) is 77.5 Å². The average Bonchev–Trinajstić information content (AvgIpc) is 3.04. The lowest BCUT2D eigenvalue weighted by Gasteiger charge is -2.16. The monoisotopic (exact) mass is 495 g/mol. The van der Waals surface area contributed by atoms with Gasteiger partial charge in [0, 0.05) is 28.0 Å². The fourth-order valence-corrected chi connectivity index (χ4v) is 3.71. The Labute approximate surface area is 205 Å². The number of halogens is 2. The minimum absolute atomic E-state index is 0.0584. The van der Waals surface area contributed by atoms with Crippen LogP contribution in [0, 0.1) is 6.92 Å². The number of carbonyl (C=O) groups excluding carboxylic acids is 3. The zero-order valence-electron chi connectivity index (χ0n) is 18.2. The third kappa shape index (κ3) is 4.62. The van der Waals surface area contributed by atoms with Crippen molar-refractivity contribution in [1.82, 2.24) is 0 Å². The first-order chi connectivity index (χ1) is 16.3. The van der Waals surface area contributed by atoms with Crippen molar-refractivity contribution in [3.05, 3.63) is 93.6 Å². The van der Waals surface area contributed by atoms with Crippen molar-refractivity contribution in [2.45, 2.75) is 6.92 Å². The number of aryl methyl sites for hydroxylation is 1. The van der Waals surface area contributed by atoms with Crippen LogP contribution in [0.1, 0.15) is 15.9 Å². The third-order valence-electron chi connectivity index (χ3n) is 5.18. The number of imide groups is 1. The molecule has 1 aliphatic heterocycles. The van der Waals surface area contributed by atoms with Gasteiger partial charge in [-0.25, -0.2) is 4.90 Å². The molecule has 0 atom stereocenters. The molecule has 0 radical (unpaired) electrons. The van der Waals surface area contributed by atoms with Crippen LogP contribution in [0.5, 0.6) is 5.75 Å². The van der Waals surface area contributed by atoms with E-state index in [0.29, 0.717) is 33.4 Å². The van der Waals surface area contributed by atoms with E-state index >= 15 is 0 Å². The number of nitrogens with one attached hydrogen (secondary N) is 2. The Kier molecular flexibility index (Phi) is 6.58. The molecule has 0 saturated carbocycles. The molecular weight excluding hydrogens is 477 g/mol. The molecule has 7 nitrogen and oxygen atoms in total. The number of carbonyl (C=O) groups is 3. The molecule has 0 aromatic heterocycles. The van der Waals surface area contributed by atoms with Gasteiger partial charge in [0.15, 0.2) is 0 Å². The van der Waals surface area contributed by atoms with Crippen molar-refractivity contribution in [2.75, 3.05) is 22.6 Å². The number of ether oxygens (including phenoxy) is 1. The number of nitrogens with zero attached hydrogens (tertiary/aromatic N) is 1. The number of hydrogen-bond acceptors (Lipinski definition) is 5. The first kappa shape index (κ1) is 23.4. The highest BCUT2D eigenvalue weighted by atomic mass is 35.5. The summed E-state index contributed by atoms with van der Waals surface area (Å²) < 4.78 is 5.16. The number of hydrogen-bond donors (Lipinski definition) is 2. The number of anilines is 3. The van der Waals surface area contributed by atoms with E-state index < -0.39 is 11.8 Å². The van der Waals surface area contributed by atoms with Crippen LogP contribution < -0.4 is 20.3 Å². The average molecular weight is 496 g/mol. The summed E-state index contributed by atoms with van der Waals surface area (Å²) in [5.74, 6) is -0.940. The smallest absolute Gasteiger partial charge is 0.283 e. The van der Waals surface area contributed by atoms with E-state index in [1.165, 1.54) is 6.07 Å². The summed E-state index contributed by atoms with van der Waals surface area (Å²) in [6.07, 6.45) is 0. The van der Waals surface area contributed by atoms with Gasteiger partial charge in [-0.2, -0.15) is 0 Å². The minimum atomic E-state index is -0.650. The molecule has 4 rings (SSSR count). The molecule has 1 heterocycles. The van der Waals surface area contributed by atoms with Crippen LogP contribution in [0.25, 0.3) is 0 Å². The molecule has 0 spiro atoms. The summed E-state index contributed by atoms with van der Waals surface area (Å²) in [4.78, 5) is 39.1. The van der Waals surface area contributed by atoms with Crippen molar-refractivity contribution in [1.29, 1.82) is 0 Å². The molecule has 1 aliphatic rings. The van der Waals surface area contributed by atoms with Gasteiger partial charge in [-0.05, 0) is 61.0 Å². The predicted octanol–water partition coefficient (Wildman–Crippen LogP) is 5.35. The number of methoxy groups -OCH3 is 1. The zero-order valence-corrected chi connectivity index (χ0v) is 19.7. The Morgan fingerprint density at radius 3 is 2.32 bits per heavy atom. The maximum Gasteiger partial charge on any atom is 0.283 e. The van der Waals surface area contributed by atoms with Gasteiger partial charge in [0.05, 0.1) is 12.8 Å². The Morgan fingerprint density at radius 1 is 0.912 bits per heavy atom. The van der Waals surface area contributed by atoms with Crippen LogP contribution >= 0.6 is 23.2 Å². The standard InChI is InChI=1S/C25H19Cl2N3O4/c1-14-6-11-18(13-20(14)26)30-24(32)21(27)22(25(30)33)28-16-9-7-15(8-10-16)23(31)29-17-4-3-5-19(12-17)34-2/h3-13,28H,1-2H3,(H,29,31). The summed E-state index contributed by atoms with van der Waals surface area (Å²) in [7, 11) is 1.55. The highest BCUT2D eigenvalue weighted by molar-refractivity contribution is 6.53. The molecular formula is C25H19Cl2N3O4. The summed E-state index contributed by atoms with van der Waals surface area (Å²) in [5, 5.41) is 5.87. The minimum Gasteiger partial charge on any atom is -0.497 e. The number of benzene rings is 3. The lowest BCUT2D eigenvalue weighted by Crippen LogP contribution is -2.32. The van der Waals surface area contributed by atoms with E-state index in [1.807, 2.05) is 6.92 Å². The van der Waals surface area contributed by atoms with E-state index in [0.717, 1.165) is 10.5 Å². The first-order valence-corrected chi connectivity index (χ1v) is 10.9. The molecule has 0 unspecified atom stereocenters.